The molecule has 0 saturated heterocycles. The average Bonchev–Trinajstić information content (AvgIpc) is 2.46. The number of hydrogen-bond donors (Lipinski definition) is 0. The summed E-state index contributed by atoms with van der Waals surface area (Å²) >= 11 is 0. The van der Waals surface area contributed by atoms with E-state index in [0.29, 0.717) is 17.7 Å². The number of carbonyl (C=O) groups excluding carboxylic acids is 1. The van der Waals surface area contributed by atoms with Gasteiger partial charge in [0.1, 0.15) is 5.82 Å². The van der Waals surface area contributed by atoms with Gasteiger partial charge in [-0.1, -0.05) is 25.5 Å². The van der Waals surface area contributed by atoms with Crippen LogP contribution in [0.25, 0.3) is 5.32 Å². The van der Waals surface area contributed by atoms with Gasteiger partial charge < -0.3 is 10.1 Å². The van der Waals surface area contributed by atoms with E-state index >= 15 is 0 Å². The molecule has 1 heterocycles. The Bertz CT molecular complexity index is 404. The maximum atomic E-state index is 13.5. The molecule has 1 aromatic carbocycles. The fraction of sp³-hybridized carbons (Fsp3) is 0.364. The normalized spacial score (nSPS) is 13.5. The molecule has 1 aliphatic rings. The Kier molecular flexibility index (Phi) is 4.01. The second kappa shape index (κ2) is 4.71. The Labute approximate surface area is 114 Å². The molecule has 77 valence electrons. The van der Waals surface area contributed by atoms with Crippen LogP contribution in [-0.2, 0) is 39.3 Å². The minimum absolute atomic E-state index is 0. The van der Waals surface area contributed by atoms with E-state index in [-0.39, 0.29) is 50.4 Å². The summed E-state index contributed by atoms with van der Waals surface area (Å²) in [6.45, 7) is 4.26. The molecule has 0 aliphatic carbocycles. The number of nitrogens with zero attached hydrogens (tertiary/aromatic N) is 1. The molecule has 0 unspecified atom stereocenters. The van der Waals surface area contributed by atoms with Gasteiger partial charge in [0.15, 0.2) is 0 Å². The summed E-state index contributed by atoms with van der Waals surface area (Å²) < 4.78 is 13.5. The smallest absolute Gasteiger partial charge is 0.127 e. The van der Waals surface area contributed by atoms with Crippen LogP contribution in [0.3, 0.4) is 0 Å². The second-order valence-electron chi connectivity index (χ2n) is 3.81. The van der Waals surface area contributed by atoms with Crippen LogP contribution in [0.15, 0.2) is 12.1 Å². The van der Waals surface area contributed by atoms with Gasteiger partial charge in [0.05, 0.1) is 5.91 Å². The Morgan fingerprint density at radius 2 is 2.07 bits per heavy atom. The Hall–Kier alpha value is -0.276. The third kappa shape index (κ3) is 2.29. The largest absolute Gasteiger partial charge is 0.645 e. The van der Waals surface area contributed by atoms with Crippen molar-refractivity contribution in [2.45, 2.75) is 26.3 Å². The molecule has 0 saturated carbocycles. The molecule has 0 spiro atoms. The fourth-order valence-corrected chi connectivity index (χ4v) is 1.65. The van der Waals surface area contributed by atoms with Gasteiger partial charge >= 0.3 is 0 Å². The van der Waals surface area contributed by atoms with E-state index in [1.807, 2.05) is 13.8 Å². The standard InChI is InChI=1S/C11H12FNO.Y/c1-6(2)8-3-7-5-13-11(14)9(7)4-10(8)12;/h3-4,6H,5H2,1-2H3,(H,13,14);/p-1. The minimum atomic E-state index is -0.302. The molecule has 4 heteroatoms. The van der Waals surface area contributed by atoms with Gasteiger partial charge in [-0.05, 0) is 17.5 Å². The second-order valence-corrected chi connectivity index (χ2v) is 3.81. The zero-order valence-corrected chi connectivity index (χ0v) is 11.6. The molecule has 2 rings (SSSR count). The molecule has 1 amide bonds. The van der Waals surface area contributed by atoms with E-state index in [9.17, 15) is 9.18 Å². The van der Waals surface area contributed by atoms with Crippen molar-refractivity contribution in [1.82, 2.24) is 0 Å². The van der Waals surface area contributed by atoms with Crippen molar-refractivity contribution in [3.05, 3.63) is 40.0 Å². The van der Waals surface area contributed by atoms with Crippen LogP contribution in [0.5, 0.6) is 0 Å². The van der Waals surface area contributed by atoms with Gasteiger partial charge in [-0.2, -0.15) is 0 Å². The van der Waals surface area contributed by atoms with Crippen LogP contribution in [0.2, 0.25) is 0 Å². The fourth-order valence-electron chi connectivity index (χ4n) is 1.65. The average molecular weight is 281 g/mol. The van der Waals surface area contributed by atoms with Crippen LogP contribution in [0.4, 0.5) is 4.39 Å². The van der Waals surface area contributed by atoms with Crippen molar-refractivity contribution in [1.29, 1.82) is 0 Å². The molecule has 1 aliphatic heterocycles. The number of rotatable bonds is 1. The summed E-state index contributed by atoms with van der Waals surface area (Å²) in [6, 6.07) is 3.06. The number of carbonyl (C=O) groups is 1. The first-order valence-electron chi connectivity index (χ1n) is 4.63. The molecule has 1 aromatic rings. The predicted molar refractivity (Wildman–Crippen MR) is 51.9 cm³/mol. The Morgan fingerprint density at radius 1 is 1.40 bits per heavy atom. The summed E-state index contributed by atoms with van der Waals surface area (Å²) in [7, 11) is 0. The Morgan fingerprint density at radius 3 is 2.67 bits per heavy atom. The minimum Gasteiger partial charge on any atom is -0.645 e. The third-order valence-electron chi connectivity index (χ3n) is 2.47. The molecular formula is C11H11FNOY-. The van der Waals surface area contributed by atoms with Gasteiger partial charge in [-0.25, -0.2) is 4.39 Å². The quantitative estimate of drug-likeness (QED) is 0.778. The maximum absolute atomic E-state index is 13.5. The van der Waals surface area contributed by atoms with Crippen LogP contribution in [0.1, 0.15) is 41.3 Å². The van der Waals surface area contributed by atoms with Crippen molar-refractivity contribution in [2.24, 2.45) is 0 Å². The third-order valence-corrected chi connectivity index (χ3v) is 2.47. The van der Waals surface area contributed by atoms with E-state index in [2.05, 4.69) is 5.32 Å². The van der Waals surface area contributed by atoms with Crippen molar-refractivity contribution in [2.75, 3.05) is 0 Å². The van der Waals surface area contributed by atoms with E-state index in [1.54, 1.807) is 6.07 Å². The molecule has 0 fully saturated rings. The molecular weight excluding hydrogens is 270 g/mol. The zero-order chi connectivity index (χ0) is 10.3. The van der Waals surface area contributed by atoms with Crippen LogP contribution in [-0.4, -0.2) is 5.91 Å². The van der Waals surface area contributed by atoms with Crippen molar-refractivity contribution >= 4 is 5.91 Å². The van der Waals surface area contributed by atoms with E-state index < -0.39 is 0 Å². The van der Waals surface area contributed by atoms with E-state index in [4.69, 9.17) is 0 Å². The zero-order valence-electron chi connectivity index (χ0n) is 8.75. The number of halogens is 1. The van der Waals surface area contributed by atoms with Crippen molar-refractivity contribution < 1.29 is 41.9 Å². The number of amides is 1. The molecule has 2 nitrogen and oxygen atoms in total. The summed E-state index contributed by atoms with van der Waals surface area (Å²) in [5, 5.41) is 3.74. The van der Waals surface area contributed by atoms with Gasteiger partial charge in [-0.15, -0.1) is 6.54 Å². The SMILES string of the molecule is CC(C)c1cc2c(cc1F)C(=O)[N-]C2.[Y]. The van der Waals surface area contributed by atoms with E-state index in [1.165, 1.54) is 6.07 Å². The summed E-state index contributed by atoms with van der Waals surface area (Å²) in [5.41, 5.74) is 1.93. The first-order chi connectivity index (χ1) is 6.59. The van der Waals surface area contributed by atoms with Gasteiger partial charge in [0, 0.05) is 38.3 Å². The van der Waals surface area contributed by atoms with Crippen molar-refractivity contribution in [3.8, 4) is 0 Å². The maximum Gasteiger partial charge on any atom is 0.127 e. The monoisotopic (exact) mass is 281 g/mol. The number of hydrogen-bond acceptors (Lipinski definition) is 1. The number of fused-ring (bicyclic) bond motifs is 1. The first-order valence-corrected chi connectivity index (χ1v) is 4.63. The van der Waals surface area contributed by atoms with E-state index in [0.717, 1.165) is 5.56 Å². The summed E-state index contributed by atoms with van der Waals surface area (Å²) in [5.74, 6) is -0.464. The molecule has 0 N–H and O–H groups in total. The molecule has 0 bridgehead atoms. The van der Waals surface area contributed by atoms with Crippen molar-refractivity contribution in [3.63, 3.8) is 0 Å². The molecule has 15 heavy (non-hydrogen) atoms. The summed E-state index contributed by atoms with van der Waals surface area (Å²) in [6.07, 6.45) is 0. The molecule has 0 aromatic heterocycles. The van der Waals surface area contributed by atoms with Crippen LogP contribution in [0, 0.1) is 5.82 Å². The van der Waals surface area contributed by atoms with Crippen LogP contribution < -0.4 is 0 Å². The summed E-state index contributed by atoms with van der Waals surface area (Å²) in [4.78, 5) is 11.2. The van der Waals surface area contributed by atoms with Crippen LogP contribution >= 0.6 is 0 Å². The Balaban J connectivity index is 0.00000112. The molecule has 0 atom stereocenters. The van der Waals surface area contributed by atoms with Gasteiger partial charge in [0.2, 0.25) is 0 Å². The first kappa shape index (κ1) is 12.8. The number of benzene rings is 1. The molecule has 1 radical (unpaired) electrons. The van der Waals surface area contributed by atoms with Gasteiger partial charge in [-0.3, -0.25) is 0 Å². The van der Waals surface area contributed by atoms with Gasteiger partial charge in [0.25, 0.3) is 0 Å². The topological polar surface area (TPSA) is 31.2 Å². The predicted octanol–water partition coefficient (Wildman–Crippen LogP) is 2.97.